The summed E-state index contributed by atoms with van der Waals surface area (Å²) in [6, 6.07) is 11.7. The van der Waals surface area contributed by atoms with E-state index in [0.29, 0.717) is 5.75 Å². The fraction of sp³-hybridized carbons (Fsp3) is 0.250. The summed E-state index contributed by atoms with van der Waals surface area (Å²) in [6.07, 6.45) is 0. The molecule has 0 aromatic heterocycles. The third-order valence-corrected chi connectivity index (χ3v) is 3.11. The summed E-state index contributed by atoms with van der Waals surface area (Å²) in [6.45, 7) is 2.16. The Bertz CT molecular complexity index is 569. The smallest absolute Gasteiger partial charge is 0.126 e. The van der Waals surface area contributed by atoms with Gasteiger partial charge in [-0.25, -0.2) is 4.39 Å². The highest BCUT2D eigenvalue weighted by Gasteiger charge is 2.09. The van der Waals surface area contributed by atoms with Crippen molar-refractivity contribution in [2.75, 3.05) is 13.7 Å². The lowest BCUT2D eigenvalue weighted by Crippen LogP contribution is -2.19. The molecule has 3 nitrogen and oxygen atoms in total. The van der Waals surface area contributed by atoms with Gasteiger partial charge in [0, 0.05) is 6.07 Å². The van der Waals surface area contributed by atoms with Gasteiger partial charge in [-0.2, -0.15) is 0 Å². The molecule has 2 aromatic rings. The monoisotopic (exact) mass is 275 g/mol. The Morgan fingerprint density at radius 1 is 1.15 bits per heavy atom. The van der Waals surface area contributed by atoms with Crippen LogP contribution in [0.15, 0.2) is 42.5 Å². The largest absolute Gasteiger partial charge is 0.497 e. The molecule has 0 bridgehead atoms. The van der Waals surface area contributed by atoms with Gasteiger partial charge < -0.3 is 15.2 Å². The molecule has 2 N–H and O–H groups in total. The number of rotatable bonds is 5. The molecule has 0 fully saturated rings. The molecule has 0 aliphatic carbocycles. The summed E-state index contributed by atoms with van der Waals surface area (Å²) < 4.78 is 23.8. The van der Waals surface area contributed by atoms with Crippen LogP contribution in [0.4, 0.5) is 4.39 Å². The third kappa shape index (κ3) is 3.48. The van der Waals surface area contributed by atoms with E-state index in [2.05, 4.69) is 0 Å². The van der Waals surface area contributed by atoms with Gasteiger partial charge in [0.1, 0.15) is 23.9 Å². The molecule has 0 spiro atoms. The lowest BCUT2D eigenvalue weighted by atomic mass is 10.1. The summed E-state index contributed by atoms with van der Waals surface area (Å²) in [5, 5.41) is 0. The number of halogens is 1. The van der Waals surface area contributed by atoms with E-state index in [1.807, 2.05) is 31.2 Å². The van der Waals surface area contributed by atoms with Crippen molar-refractivity contribution >= 4 is 0 Å². The maximum absolute atomic E-state index is 13.2. The van der Waals surface area contributed by atoms with Crippen molar-refractivity contribution in [2.24, 2.45) is 5.73 Å². The van der Waals surface area contributed by atoms with Crippen molar-refractivity contribution in [2.45, 2.75) is 13.0 Å². The quantitative estimate of drug-likeness (QED) is 0.911. The van der Waals surface area contributed by atoms with E-state index in [-0.39, 0.29) is 18.5 Å². The minimum atomic E-state index is -0.316. The highest BCUT2D eigenvalue weighted by Crippen LogP contribution is 2.21. The van der Waals surface area contributed by atoms with E-state index in [1.54, 1.807) is 13.2 Å². The molecule has 20 heavy (non-hydrogen) atoms. The maximum Gasteiger partial charge on any atom is 0.126 e. The van der Waals surface area contributed by atoms with E-state index >= 15 is 0 Å². The van der Waals surface area contributed by atoms with Gasteiger partial charge >= 0.3 is 0 Å². The number of ether oxygens (including phenoxy) is 2. The normalized spacial score (nSPS) is 12.0. The number of benzene rings is 2. The highest BCUT2D eigenvalue weighted by molar-refractivity contribution is 5.33. The Labute approximate surface area is 118 Å². The first kappa shape index (κ1) is 14.3. The summed E-state index contributed by atoms with van der Waals surface area (Å²) in [7, 11) is 1.62. The second-order valence-corrected chi connectivity index (χ2v) is 4.60. The second-order valence-electron chi connectivity index (χ2n) is 4.60. The van der Waals surface area contributed by atoms with Crippen LogP contribution in [0.25, 0.3) is 0 Å². The number of hydrogen-bond acceptors (Lipinski definition) is 3. The summed E-state index contributed by atoms with van der Waals surface area (Å²) in [4.78, 5) is 0. The van der Waals surface area contributed by atoms with Gasteiger partial charge in [-0.1, -0.05) is 18.2 Å². The summed E-state index contributed by atoms with van der Waals surface area (Å²) >= 11 is 0. The van der Waals surface area contributed by atoms with Crippen LogP contribution in [0.1, 0.15) is 17.2 Å². The van der Waals surface area contributed by atoms with Crippen molar-refractivity contribution in [1.29, 1.82) is 0 Å². The van der Waals surface area contributed by atoms with Crippen LogP contribution >= 0.6 is 0 Å². The molecule has 106 valence electrons. The minimum absolute atomic E-state index is 0.274. The topological polar surface area (TPSA) is 44.5 Å². The summed E-state index contributed by atoms with van der Waals surface area (Å²) in [5.41, 5.74) is 7.89. The molecular weight excluding hydrogens is 257 g/mol. The molecule has 0 heterocycles. The standard InChI is InChI=1S/C16H18FNO2/c1-11-3-6-13(17)9-16(11)20-10-15(18)12-4-7-14(19-2)8-5-12/h3-9,15H,10,18H2,1-2H3. The Hall–Kier alpha value is -2.07. The first-order valence-corrected chi connectivity index (χ1v) is 6.38. The van der Waals surface area contributed by atoms with Gasteiger partial charge in [-0.15, -0.1) is 0 Å². The van der Waals surface area contributed by atoms with Gasteiger partial charge in [-0.3, -0.25) is 0 Å². The van der Waals surface area contributed by atoms with Crippen LogP contribution in [0.3, 0.4) is 0 Å². The Balaban J connectivity index is 2.00. The predicted molar refractivity (Wildman–Crippen MR) is 76.6 cm³/mol. The van der Waals surface area contributed by atoms with Gasteiger partial charge in [0.2, 0.25) is 0 Å². The first-order chi connectivity index (χ1) is 9.60. The predicted octanol–water partition coefficient (Wildman–Crippen LogP) is 3.22. The van der Waals surface area contributed by atoms with Crippen LogP contribution < -0.4 is 15.2 Å². The van der Waals surface area contributed by atoms with Crippen LogP contribution in [0, 0.1) is 12.7 Å². The second kappa shape index (κ2) is 6.39. The Morgan fingerprint density at radius 3 is 2.50 bits per heavy atom. The van der Waals surface area contributed by atoms with Crippen LogP contribution in [0.5, 0.6) is 11.5 Å². The fourth-order valence-electron chi connectivity index (χ4n) is 1.86. The van der Waals surface area contributed by atoms with Crippen molar-refractivity contribution < 1.29 is 13.9 Å². The molecule has 1 unspecified atom stereocenters. The fourth-order valence-corrected chi connectivity index (χ4v) is 1.86. The zero-order valence-corrected chi connectivity index (χ0v) is 11.6. The number of methoxy groups -OCH3 is 1. The van der Waals surface area contributed by atoms with Gasteiger partial charge in [-0.05, 0) is 36.2 Å². The van der Waals surface area contributed by atoms with Gasteiger partial charge in [0.05, 0.1) is 13.2 Å². The molecule has 0 aliphatic heterocycles. The third-order valence-electron chi connectivity index (χ3n) is 3.11. The number of nitrogens with two attached hydrogens (primary N) is 1. The van der Waals surface area contributed by atoms with E-state index in [4.69, 9.17) is 15.2 Å². The van der Waals surface area contributed by atoms with Crippen molar-refractivity contribution in [3.63, 3.8) is 0 Å². The minimum Gasteiger partial charge on any atom is -0.497 e. The molecule has 0 amide bonds. The lowest BCUT2D eigenvalue weighted by molar-refractivity contribution is 0.287. The average Bonchev–Trinajstić information content (AvgIpc) is 2.48. The van der Waals surface area contributed by atoms with Crippen LogP contribution in [0.2, 0.25) is 0 Å². The van der Waals surface area contributed by atoms with Gasteiger partial charge in [0.25, 0.3) is 0 Å². The molecule has 1 atom stereocenters. The van der Waals surface area contributed by atoms with E-state index in [1.165, 1.54) is 12.1 Å². The molecular formula is C16H18FNO2. The van der Waals surface area contributed by atoms with E-state index < -0.39 is 0 Å². The number of hydrogen-bond donors (Lipinski definition) is 1. The summed E-state index contributed by atoms with van der Waals surface area (Å²) in [5.74, 6) is 0.987. The molecule has 0 saturated carbocycles. The molecule has 4 heteroatoms. The van der Waals surface area contributed by atoms with Gasteiger partial charge in [0.15, 0.2) is 0 Å². The SMILES string of the molecule is COc1ccc(C(N)COc2cc(F)ccc2C)cc1. The van der Waals surface area contributed by atoms with Crippen LogP contribution in [-0.4, -0.2) is 13.7 Å². The molecule has 0 radical (unpaired) electrons. The Kier molecular flexibility index (Phi) is 4.58. The average molecular weight is 275 g/mol. The Morgan fingerprint density at radius 2 is 1.85 bits per heavy atom. The van der Waals surface area contributed by atoms with Crippen LogP contribution in [-0.2, 0) is 0 Å². The van der Waals surface area contributed by atoms with Crippen molar-refractivity contribution in [3.8, 4) is 11.5 Å². The molecule has 2 aromatic carbocycles. The molecule has 2 rings (SSSR count). The highest BCUT2D eigenvalue weighted by atomic mass is 19.1. The number of aryl methyl sites for hydroxylation is 1. The van der Waals surface area contributed by atoms with Crippen molar-refractivity contribution in [1.82, 2.24) is 0 Å². The maximum atomic E-state index is 13.2. The van der Waals surface area contributed by atoms with E-state index in [9.17, 15) is 4.39 Å². The van der Waals surface area contributed by atoms with E-state index in [0.717, 1.165) is 16.9 Å². The zero-order chi connectivity index (χ0) is 14.5. The molecule has 0 saturated heterocycles. The first-order valence-electron chi connectivity index (χ1n) is 6.38. The lowest BCUT2D eigenvalue weighted by Gasteiger charge is -2.15. The zero-order valence-electron chi connectivity index (χ0n) is 11.6. The molecule has 0 aliphatic rings. The van der Waals surface area contributed by atoms with Crippen molar-refractivity contribution in [3.05, 3.63) is 59.4 Å².